The fourth-order valence-electron chi connectivity index (χ4n) is 1.63. The molecule has 0 aliphatic heterocycles. The number of hydrogen-bond donors (Lipinski definition) is 3. The maximum absolute atomic E-state index is 13.9. The lowest BCUT2D eigenvalue weighted by molar-refractivity contribution is -0.120. The molecule has 0 saturated heterocycles. The first-order valence-electron chi connectivity index (χ1n) is 7.99. The topological polar surface area (TPSA) is 94.8 Å². The van der Waals surface area contributed by atoms with Gasteiger partial charge in [-0.05, 0) is 13.8 Å². The van der Waals surface area contributed by atoms with Crippen molar-refractivity contribution in [3.05, 3.63) is 0 Å². The zero-order valence-corrected chi connectivity index (χ0v) is 14.5. The highest BCUT2D eigenvalue weighted by Crippen LogP contribution is 2.17. The Morgan fingerprint density at radius 1 is 1.13 bits per heavy atom. The van der Waals surface area contributed by atoms with Crippen LogP contribution in [-0.2, 0) is 19.0 Å². The predicted octanol–water partition coefficient (Wildman–Crippen LogP) is -0.163. The summed E-state index contributed by atoms with van der Waals surface area (Å²) >= 11 is 0. The van der Waals surface area contributed by atoms with Crippen LogP contribution in [0, 0.1) is 0 Å². The molecule has 0 aromatic rings. The molecule has 7 nitrogen and oxygen atoms in total. The van der Waals surface area contributed by atoms with Gasteiger partial charge in [-0.25, -0.2) is 4.39 Å². The minimum absolute atomic E-state index is 0.0562. The number of carbonyl (C=O) groups excluding carboxylic acids is 1. The lowest BCUT2D eigenvalue weighted by Gasteiger charge is -2.29. The Bertz CT molecular complexity index is 306. The number of halogens is 1. The monoisotopic (exact) mass is 337 g/mol. The number of amides is 1. The second kappa shape index (κ2) is 13.6. The van der Waals surface area contributed by atoms with E-state index in [4.69, 9.17) is 19.9 Å². The summed E-state index contributed by atoms with van der Waals surface area (Å²) in [5.41, 5.74) is 4.33. The number of alkyl halides is 1. The lowest BCUT2D eigenvalue weighted by atomic mass is 10.0. The largest absolute Gasteiger partial charge is 0.379 e. The van der Waals surface area contributed by atoms with Crippen LogP contribution >= 0.6 is 0 Å². The molecule has 0 saturated carbocycles. The molecule has 138 valence electrons. The van der Waals surface area contributed by atoms with E-state index in [9.17, 15) is 9.18 Å². The van der Waals surface area contributed by atoms with E-state index >= 15 is 0 Å². The molecule has 1 amide bonds. The molecule has 0 radical (unpaired) electrons. The molecular formula is C15H32FN3O4. The van der Waals surface area contributed by atoms with Crippen LogP contribution in [0.5, 0.6) is 0 Å². The number of nitrogens with one attached hydrogen (secondary N) is 2. The third-order valence-electron chi connectivity index (χ3n) is 3.09. The summed E-state index contributed by atoms with van der Waals surface area (Å²) in [5, 5.41) is 5.61. The Morgan fingerprint density at radius 3 is 2.30 bits per heavy atom. The normalized spacial score (nSPS) is 13.1. The second-order valence-electron chi connectivity index (χ2n) is 5.62. The molecule has 0 aliphatic rings. The van der Waals surface area contributed by atoms with Crippen LogP contribution in [0.2, 0.25) is 0 Å². The average Bonchev–Trinajstić information content (AvgIpc) is 2.50. The quantitative estimate of drug-likeness (QED) is 0.359. The highest BCUT2D eigenvalue weighted by Gasteiger charge is 2.30. The summed E-state index contributed by atoms with van der Waals surface area (Å²) in [6, 6.07) is 0. The van der Waals surface area contributed by atoms with Crippen molar-refractivity contribution in [3.8, 4) is 0 Å². The van der Waals surface area contributed by atoms with Crippen molar-refractivity contribution in [3.63, 3.8) is 0 Å². The molecule has 0 spiro atoms. The second-order valence-corrected chi connectivity index (χ2v) is 5.62. The zero-order chi connectivity index (χ0) is 17.6. The SMILES string of the molecule is CC(=O)NCC(F)C(C)(C)OCCOCCNCCOCCN. The maximum atomic E-state index is 13.9. The third kappa shape index (κ3) is 13.3. The van der Waals surface area contributed by atoms with E-state index in [2.05, 4.69) is 10.6 Å². The minimum Gasteiger partial charge on any atom is -0.379 e. The van der Waals surface area contributed by atoms with Gasteiger partial charge in [-0.1, -0.05) is 0 Å². The Labute approximate surface area is 138 Å². The summed E-state index contributed by atoms with van der Waals surface area (Å²) in [5.74, 6) is -0.257. The van der Waals surface area contributed by atoms with Crippen molar-refractivity contribution in [2.24, 2.45) is 5.73 Å². The first-order chi connectivity index (χ1) is 10.9. The molecule has 0 aromatic carbocycles. The molecule has 0 fully saturated rings. The van der Waals surface area contributed by atoms with Crippen LogP contribution in [0.3, 0.4) is 0 Å². The number of carbonyl (C=O) groups is 1. The Balaban J connectivity index is 3.50. The Morgan fingerprint density at radius 2 is 1.74 bits per heavy atom. The smallest absolute Gasteiger partial charge is 0.216 e. The zero-order valence-electron chi connectivity index (χ0n) is 14.5. The molecule has 4 N–H and O–H groups in total. The molecular weight excluding hydrogens is 305 g/mol. The van der Waals surface area contributed by atoms with E-state index in [0.717, 1.165) is 6.54 Å². The van der Waals surface area contributed by atoms with Crippen molar-refractivity contribution in [1.82, 2.24) is 10.6 Å². The third-order valence-corrected chi connectivity index (χ3v) is 3.09. The molecule has 0 bridgehead atoms. The van der Waals surface area contributed by atoms with Gasteiger partial charge in [0.2, 0.25) is 5.91 Å². The van der Waals surface area contributed by atoms with Gasteiger partial charge >= 0.3 is 0 Å². The van der Waals surface area contributed by atoms with Gasteiger partial charge in [0.05, 0.1) is 45.2 Å². The molecule has 0 aliphatic carbocycles. The number of hydrogen-bond acceptors (Lipinski definition) is 6. The van der Waals surface area contributed by atoms with Gasteiger partial charge in [0.15, 0.2) is 0 Å². The molecule has 0 aromatic heterocycles. The van der Waals surface area contributed by atoms with Crippen LogP contribution in [0.15, 0.2) is 0 Å². The molecule has 0 heterocycles. The fraction of sp³-hybridized carbons (Fsp3) is 0.933. The van der Waals surface area contributed by atoms with E-state index in [0.29, 0.717) is 46.1 Å². The summed E-state index contributed by atoms with van der Waals surface area (Å²) in [6.07, 6.45) is -1.28. The van der Waals surface area contributed by atoms with Crippen molar-refractivity contribution >= 4 is 5.91 Å². The lowest BCUT2D eigenvalue weighted by Crippen LogP contribution is -2.44. The summed E-state index contributed by atoms with van der Waals surface area (Å²) in [6.45, 7) is 9.04. The van der Waals surface area contributed by atoms with E-state index in [1.807, 2.05) is 0 Å². The number of rotatable bonds is 15. The van der Waals surface area contributed by atoms with Gasteiger partial charge in [0, 0.05) is 26.6 Å². The van der Waals surface area contributed by atoms with Crippen LogP contribution < -0.4 is 16.4 Å². The summed E-state index contributed by atoms with van der Waals surface area (Å²) < 4.78 is 30.0. The van der Waals surface area contributed by atoms with Crippen LogP contribution in [0.1, 0.15) is 20.8 Å². The standard InChI is InChI=1S/C15H32FN3O4/c1-13(20)19-12-14(16)15(2,3)23-11-10-22-9-6-18-5-8-21-7-4-17/h14,18H,4-12,17H2,1-3H3,(H,19,20). The van der Waals surface area contributed by atoms with Gasteiger partial charge in [-0.15, -0.1) is 0 Å². The minimum atomic E-state index is -1.28. The molecule has 23 heavy (non-hydrogen) atoms. The number of nitrogens with two attached hydrogens (primary N) is 1. The van der Waals surface area contributed by atoms with Crippen molar-refractivity contribution in [2.45, 2.75) is 32.5 Å². The van der Waals surface area contributed by atoms with Crippen LogP contribution in [0.4, 0.5) is 4.39 Å². The first-order valence-corrected chi connectivity index (χ1v) is 7.99. The van der Waals surface area contributed by atoms with Gasteiger partial charge < -0.3 is 30.6 Å². The fourth-order valence-corrected chi connectivity index (χ4v) is 1.63. The van der Waals surface area contributed by atoms with Crippen LogP contribution in [-0.4, -0.2) is 76.9 Å². The molecule has 0 rings (SSSR count). The average molecular weight is 337 g/mol. The summed E-state index contributed by atoms with van der Waals surface area (Å²) in [4.78, 5) is 10.8. The molecule has 1 atom stereocenters. The van der Waals surface area contributed by atoms with Gasteiger partial charge in [-0.3, -0.25) is 4.79 Å². The van der Waals surface area contributed by atoms with E-state index in [-0.39, 0.29) is 12.5 Å². The predicted molar refractivity (Wildman–Crippen MR) is 87.2 cm³/mol. The summed E-state index contributed by atoms with van der Waals surface area (Å²) in [7, 11) is 0. The van der Waals surface area contributed by atoms with Crippen LogP contribution in [0.25, 0.3) is 0 Å². The van der Waals surface area contributed by atoms with Gasteiger partial charge in [0.25, 0.3) is 0 Å². The van der Waals surface area contributed by atoms with Crippen molar-refractivity contribution in [1.29, 1.82) is 0 Å². The van der Waals surface area contributed by atoms with E-state index in [1.165, 1.54) is 6.92 Å². The Kier molecular flexibility index (Phi) is 13.1. The van der Waals surface area contributed by atoms with Crippen molar-refractivity contribution in [2.75, 3.05) is 59.2 Å². The Hall–Kier alpha value is -0.800. The van der Waals surface area contributed by atoms with Gasteiger partial charge in [0.1, 0.15) is 6.17 Å². The first kappa shape index (κ1) is 22.2. The van der Waals surface area contributed by atoms with E-state index in [1.54, 1.807) is 13.8 Å². The highest BCUT2D eigenvalue weighted by molar-refractivity contribution is 5.72. The molecule has 1 unspecified atom stereocenters. The number of ether oxygens (including phenoxy) is 3. The van der Waals surface area contributed by atoms with E-state index < -0.39 is 11.8 Å². The highest BCUT2D eigenvalue weighted by atomic mass is 19.1. The van der Waals surface area contributed by atoms with Gasteiger partial charge in [-0.2, -0.15) is 0 Å². The molecule has 8 heteroatoms. The maximum Gasteiger partial charge on any atom is 0.216 e. The van der Waals surface area contributed by atoms with Crippen molar-refractivity contribution < 1.29 is 23.4 Å².